The van der Waals surface area contributed by atoms with Crippen molar-refractivity contribution in [1.82, 2.24) is 10.2 Å². The number of amides is 2. The second kappa shape index (κ2) is 8.39. The fourth-order valence-corrected chi connectivity index (χ4v) is 4.00. The molecule has 0 aromatic heterocycles. The first kappa shape index (κ1) is 20.7. The summed E-state index contributed by atoms with van der Waals surface area (Å²) in [6.07, 6.45) is 8.09. The van der Waals surface area contributed by atoms with Crippen LogP contribution in [-0.2, 0) is 9.59 Å². The zero-order chi connectivity index (χ0) is 19.4. The molecule has 0 bridgehead atoms. The van der Waals surface area contributed by atoms with E-state index in [-0.39, 0.29) is 12.3 Å². The SMILES string of the molecule is CC1CCCC(N2CCC(C#N)(NC(=O)[CH]CC(C)(C)C(N)=O)CC2)C1. The summed E-state index contributed by atoms with van der Waals surface area (Å²) in [5.74, 6) is 0.0477. The van der Waals surface area contributed by atoms with Crippen molar-refractivity contribution in [2.45, 2.75) is 77.3 Å². The Morgan fingerprint density at radius 3 is 2.54 bits per heavy atom. The maximum atomic E-state index is 12.3. The number of nitriles is 1. The largest absolute Gasteiger partial charge is 0.369 e. The number of nitrogens with two attached hydrogens (primary N) is 1. The van der Waals surface area contributed by atoms with Crippen LogP contribution in [0, 0.1) is 29.1 Å². The van der Waals surface area contributed by atoms with E-state index in [0.717, 1.165) is 19.0 Å². The van der Waals surface area contributed by atoms with Gasteiger partial charge >= 0.3 is 0 Å². The molecule has 1 aliphatic carbocycles. The quantitative estimate of drug-likeness (QED) is 0.757. The van der Waals surface area contributed by atoms with Gasteiger partial charge in [0.15, 0.2) is 0 Å². The van der Waals surface area contributed by atoms with Crippen molar-refractivity contribution in [3.8, 4) is 6.07 Å². The summed E-state index contributed by atoms with van der Waals surface area (Å²) in [4.78, 5) is 26.1. The zero-order valence-corrected chi connectivity index (χ0v) is 16.4. The Morgan fingerprint density at radius 1 is 1.35 bits per heavy atom. The molecule has 1 radical (unpaired) electrons. The third kappa shape index (κ3) is 5.20. The number of hydrogen-bond acceptors (Lipinski definition) is 4. The van der Waals surface area contributed by atoms with Gasteiger partial charge in [-0.1, -0.05) is 33.6 Å². The number of piperidine rings is 1. The second-order valence-corrected chi connectivity index (χ2v) is 8.80. The molecule has 2 atom stereocenters. The summed E-state index contributed by atoms with van der Waals surface area (Å²) in [5, 5.41) is 12.6. The molecule has 1 saturated heterocycles. The van der Waals surface area contributed by atoms with Gasteiger partial charge < -0.3 is 16.0 Å². The number of primary amides is 1. The van der Waals surface area contributed by atoms with E-state index in [1.54, 1.807) is 13.8 Å². The van der Waals surface area contributed by atoms with E-state index in [9.17, 15) is 14.9 Å². The molecule has 6 nitrogen and oxygen atoms in total. The highest BCUT2D eigenvalue weighted by Crippen LogP contribution is 2.31. The van der Waals surface area contributed by atoms with E-state index in [0.29, 0.717) is 18.9 Å². The summed E-state index contributed by atoms with van der Waals surface area (Å²) in [5.41, 5.74) is 3.77. The van der Waals surface area contributed by atoms with Gasteiger partial charge in [0.25, 0.3) is 0 Å². The van der Waals surface area contributed by atoms with Gasteiger partial charge in [0.1, 0.15) is 5.54 Å². The van der Waals surface area contributed by atoms with Crippen LogP contribution in [0.5, 0.6) is 0 Å². The number of nitrogens with zero attached hydrogens (tertiary/aromatic N) is 2. The first-order chi connectivity index (χ1) is 12.2. The number of rotatable bonds is 6. The van der Waals surface area contributed by atoms with Gasteiger partial charge in [-0.2, -0.15) is 5.26 Å². The molecule has 2 amide bonds. The van der Waals surface area contributed by atoms with E-state index in [1.165, 1.54) is 32.1 Å². The van der Waals surface area contributed by atoms with E-state index < -0.39 is 16.9 Å². The Labute approximate surface area is 157 Å². The number of hydrogen-bond donors (Lipinski definition) is 2. The molecule has 2 unspecified atom stereocenters. The Morgan fingerprint density at radius 2 is 2.00 bits per heavy atom. The third-order valence-corrected chi connectivity index (χ3v) is 6.12. The van der Waals surface area contributed by atoms with Crippen LogP contribution in [0.1, 0.15) is 65.7 Å². The van der Waals surface area contributed by atoms with Crippen molar-refractivity contribution in [1.29, 1.82) is 5.26 Å². The van der Waals surface area contributed by atoms with Crippen LogP contribution in [0.3, 0.4) is 0 Å². The second-order valence-electron chi connectivity index (χ2n) is 8.80. The van der Waals surface area contributed by atoms with Gasteiger partial charge in [-0.05, 0) is 38.0 Å². The molecule has 0 spiro atoms. The lowest BCUT2D eigenvalue weighted by Crippen LogP contribution is -2.56. The van der Waals surface area contributed by atoms with Crippen molar-refractivity contribution < 1.29 is 9.59 Å². The average molecular weight is 362 g/mol. The molecule has 2 fully saturated rings. The van der Waals surface area contributed by atoms with Gasteiger partial charge in [0, 0.05) is 24.5 Å². The predicted molar refractivity (Wildman–Crippen MR) is 101 cm³/mol. The lowest BCUT2D eigenvalue weighted by atomic mass is 9.82. The van der Waals surface area contributed by atoms with Crippen LogP contribution in [0.2, 0.25) is 0 Å². The molecule has 145 valence electrons. The van der Waals surface area contributed by atoms with Gasteiger partial charge in [-0.25, -0.2) is 0 Å². The fraction of sp³-hybridized carbons (Fsp3) is 0.800. The van der Waals surface area contributed by atoms with Crippen molar-refractivity contribution in [2.24, 2.45) is 17.1 Å². The van der Waals surface area contributed by atoms with E-state index in [4.69, 9.17) is 5.73 Å². The summed E-state index contributed by atoms with van der Waals surface area (Å²) < 4.78 is 0. The topological polar surface area (TPSA) is 99.2 Å². The van der Waals surface area contributed by atoms with Crippen LogP contribution in [-0.4, -0.2) is 41.4 Å². The normalized spacial score (nSPS) is 26.7. The highest BCUT2D eigenvalue weighted by Gasteiger charge is 2.39. The monoisotopic (exact) mass is 361 g/mol. The van der Waals surface area contributed by atoms with Crippen molar-refractivity contribution in [2.75, 3.05) is 13.1 Å². The Kier molecular flexibility index (Phi) is 6.68. The molecule has 2 aliphatic rings. The summed E-state index contributed by atoms with van der Waals surface area (Å²) in [6, 6.07) is 2.95. The van der Waals surface area contributed by atoms with Crippen LogP contribution in [0.15, 0.2) is 0 Å². The number of carbonyl (C=O) groups excluding carboxylic acids is 2. The van der Waals surface area contributed by atoms with Crippen LogP contribution in [0.25, 0.3) is 0 Å². The van der Waals surface area contributed by atoms with Gasteiger partial charge in [0.2, 0.25) is 11.8 Å². The smallest absolute Gasteiger partial charge is 0.225 e. The molecule has 1 saturated carbocycles. The fourth-order valence-electron chi connectivity index (χ4n) is 4.00. The minimum atomic E-state index is -0.804. The highest BCUT2D eigenvalue weighted by atomic mass is 16.2. The molecule has 26 heavy (non-hydrogen) atoms. The average Bonchev–Trinajstić information content (AvgIpc) is 2.60. The van der Waals surface area contributed by atoms with E-state index in [2.05, 4.69) is 23.2 Å². The van der Waals surface area contributed by atoms with Crippen LogP contribution < -0.4 is 11.1 Å². The standard InChI is InChI=1S/C20H33N4O2/c1-15-5-4-6-16(13-15)24-11-9-20(14-21,10-12-24)23-17(25)7-8-19(2,3)18(22)26/h7,15-16H,4-6,8-13H2,1-3H3,(H2,22,26)(H,23,25). The molecule has 1 heterocycles. The minimum absolute atomic E-state index is 0.266. The molecular formula is C20H33N4O2. The first-order valence-electron chi connectivity index (χ1n) is 9.78. The van der Waals surface area contributed by atoms with Crippen molar-refractivity contribution >= 4 is 11.8 Å². The number of carbonyl (C=O) groups is 2. The molecule has 0 aromatic carbocycles. The molecule has 6 heteroatoms. The highest BCUT2D eigenvalue weighted by molar-refractivity contribution is 5.87. The molecule has 3 N–H and O–H groups in total. The maximum absolute atomic E-state index is 12.3. The van der Waals surface area contributed by atoms with E-state index >= 15 is 0 Å². The van der Waals surface area contributed by atoms with Crippen LogP contribution in [0.4, 0.5) is 0 Å². The van der Waals surface area contributed by atoms with Gasteiger partial charge in [0.05, 0.1) is 12.5 Å². The summed E-state index contributed by atoms with van der Waals surface area (Å²) in [6.45, 7) is 7.43. The molecular weight excluding hydrogens is 328 g/mol. The van der Waals surface area contributed by atoms with E-state index in [1.807, 2.05) is 0 Å². The maximum Gasteiger partial charge on any atom is 0.225 e. The van der Waals surface area contributed by atoms with Crippen molar-refractivity contribution in [3.63, 3.8) is 0 Å². The zero-order valence-electron chi connectivity index (χ0n) is 16.4. The Bertz CT molecular complexity index is 559. The number of likely N-dealkylation sites (tertiary alicyclic amines) is 1. The molecule has 1 aliphatic heterocycles. The molecule has 2 rings (SSSR count). The Hall–Kier alpha value is -1.61. The van der Waals surface area contributed by atoms with Gasteiger partial charge in [-0.15, -0.1) is 0 Å². The first-order valence-corrected chi connectivity index (χ1v) is 9.78. The summed E-state index contributed by atoms with van der Waals surface area (Å²) in [7, 11) is 0. The van der Waals surface area contributed by atoms with Crippen LogP contribution >= 0.6 is 0 Å². The van der Waals surface area contributed by atoms with Gasteiger partial charge in [-0.3, -0.25) is 9.59 Å². The van der Waals surface area contributed by atoms with Crippen molar-refractivity contribution in [3.05, 3.63) is 6.42 Å². The summed E-state index contributed by atoms with van der Waals surface area (Å²) >= 11 is 0. The lowest BCUT2D eigenvalue weighted by molar-refractivity contribution is -0.126. The molecule has 0 aromatic rings. The minimum Gasteiger partial charge on any atom is -0.369 e. The third-order valence-electron chi connectivity index (χ3n) is 6.12. The predicted octanol–water partition coefficient (Wildman–Crippen LogP) is 2.15. The number of nitrogens with one attached hydrogen (secondary N) is 1. The lowest BCUT2D eigenvalue weighted by Gasteiger charge is -2.43. The Balaban J connectivity index is 1.85.